The highest BCUT2D eigenvalue weighted by Gasteiger charge is 2.70. The molecule has 0 bridgehead atoms. The summed E-state index contributed by atoms with van der Waals surface area (Å²) in [6.07, 6.45) is 33.1. The molecule has 4 aromatic carbocycles. The highest BCUT2D eigenvalue weighted by Crippen LogP contribution is 2.76. The molecule has 0 N–H and O–H groups in total. The summed E-state index contributed by atoms with van der Waals surface area (Å²) in [5.74, 6) is 3.20. The fourth-order valence-corrected chi connectivity index (χ4v) is 13.0. The first-order valence-corrected chi connectivity index (χ1v) is 23.4. The minimum atomic E-state index is 0.0802. The van der Waals surface area contributed by atoms with Gasteiger partial charge < -0.3 is 14.0 Å². The third-order valence-electron chi connectivity index (χ3n) is 16.4. The first-order chi connectivity index (χ1) is 30.9. The minimum absolute atomic E-state index is 0.0802. The Morgan fingerprint density at radius 2 is 1.70 bits per heavy atom. The lowest BCUT2D eigenvalue weighted by Crippen LogP contribution is -2.41. The summed E-state index contributed by atoms with van der Waals surface area (Å²) in [5, 5.41) is 6.80. The van der Waals surface area contributed by atoms with E-state index in [-0.39, 0.29) is 12.1 Å². The van der Waals surface area contributed by atoms with E-state index in [4.69, 9.17) is 0 Å². The van der Waals surface area contributed by atoms with Gasteiger partial charge in [-0.1, -0.05) is 140 Å². The predicted octanol–water partition coefficient (Wildman–Crippen LogP) is 10.5. The molecule has 4 heteroatoms. The van der Waals surface area contributed by atoms with Crippen LogP contribution in [0.25, 0.3) is 62.9 Å². The van der Waals surface area contributed by atoms with E-state index in [2.05, 4.69) is 193 Å². The van der Waals surface area contributed by atoms with Crippen molar-refractivity contribution >= 4 is 74.9 Å². The molecule has 63 heavy (non-hydrogen) atoms. The van der Waals surface area contributed by atoms with Crippen molar-refractivity contribution in [3.63, 3.8) is 0 Å². The molecule has 3 saturated carbocycles. The molecule has 8 aliphatic rings. The number of allylic oxidation sites excluding steroid dienone is 10. The van der Waals surface area contributed by atoms with Crippen LogP contribution in [0.5, 0.6) is 0 Å². The number of nitrogens with zero attached hydrogens (tertiary/aromatic N) is 3. The Balaban J connectivity index is 0.987. The van der Waals surface area contributed by atoms with Crippen LogP contribution < -0.4 is 21.5 Å². The first kappa shape index (κ1) is 36.0. The minimum Gasteiger partial charge on any atom is -0.344 e. The van der Waals surface area contributed by atoms with Crippen molar-refractivity contribution in [3.8, 4) is 5.69 Å². The molecule has 1 aliphatic heterocycles. The SMILES string of the molecule is C=Cc1c2c(n(C)c1/C=C\C)C=CC(c1cccc(-n3c4c(c5cc(B(C)c6ccc7ccccc7c6)ccc53)=CC3CC35C3=C(C=CC6CC36)N(C3=CC=CC6CC36)C=45)c1)=CC2. The highest BCUT2D eigenvalue weighted by molar-refractivity contribution is 6.84. The standard InChI is InChI=1S/C59H50BN3/c1-5-11-51-45(6-2)46-24-19-36(20-25-52(46)61(51)4)38-14-9-16-44(29-38)62-54-27-23-43(60(3)42-22-18-35-12-7-8-13-37(35)28-42)33-49(54)50-32-41-34-59(41)56-48-31-40(48)21-26-55(56)63(58(59)57(50)62)53-17-10-15-39-30-47(39)53/h5-23,25-29,32-33,39-41,47-48H,2,24,30-31,34H2,1,3-4H3/b11-5-. The average Bonchev–Trinajstić information content (AvgIpc) is 4.25. The quantitative estimate of drug-likeness (QED) is 0.146. The van der Waals surface area contributed by atoms with E-state index in [1.165, 1.54) is 113 Å². The van der Waals surface area contributed by atoms with Gasteiger partial charge in [0.1, 0.15) is 0 Å². The van der Waals surface area contributed by atoms with Gasteiger partial charge in [0.15, 0.2) is 0 Å². The first-order valence-electron chi connectivity index (χ1n) is 23.4. The maximum absolute atomic E-state index is 4.23. The second kappa shape index (κ2) is 12.8. The Bertz CT molecular complexity index is 3460. The third kappa shape index (κ3) is 4.93. The van der Waals surface area contributed by atoms with E-state index >= 15 is 0 Å². The number of hydrogen-bond acceptors (Lipinski definition) is 1. The summed E-state index contributed by atoms with van der Waals surface area (Å²) < 4.78 is 5.00. The zero-order chi connectivity index (χ0) is 41.9. The van der Waals surface area contributed by atoms with E-state index in [1.807, 2.05) is 6.08 Å². The number of rotatable bonds is 7. The molecule has 3 fully saturated rings. The Labute approximate surface area is 370 Å². The maximum Gasteiger partial charge on any atom is 0.206 e. The van der Waals surface area contributed by atoms with Crippen molar-refractivity contribution in [2.75, 3.05) is 0 Å². The van der Waals surface area contributed by atoms with Gasteiger partial charge in [0.2, 0.25) is 6.71 Å². The normalized spacial score (nSPS) is 26.3. The molecule has 3 heterocycles. The number of aromatic nitrogens is 2. The fraction of sp³-hybridized carbons (Fsp3) is 0.220. The van der Waals surface area contributed by atoms with Gasteiger partial charge in [0, 0.05) is 63.0 Å². The zero-order valence-corrected chi connectivity index (χ0v) is 36.4. The Kier molecular flexibility index (Phi) is 7.31. The highest BCUT2D eigenvalue weighted by atomic mass is 15.2. The van der Waals surface area contributed by atoms with E-state index < -0.39 is 0 Å². The van der Waals surface area contributed by atoms with Crippen molar-refractivity contribution in [1.29, 1.82) is 0 Å². The molecule has 0 saturated heterocycles. The fourth-order valence-electron chi connectivity index (χ4n) is 13.0. The van der Waals surface area contributed by atoms with Gasteiger partial charge in [-0.2, -0.15) is 0 Å². The van der Waals surface area contributed by atoms with E-state index in [9.17, 15) is 0 Å². The van der Waals surface area contributed by atoms with Crippen molar-refractivity contribution < 1.29 is 0 Å². The van der Waals surface area contributed by atoms with E-state index in [0.717, 1.165) is 6.42 Å². The molecular formula is C59H50BN3. The molecule has 6 atom stereocenters. The van der Waals surface area contributed by atoms with Gasteiger partial charge in [0.05, 0.1) is 16.6 Å². The van der Waals surface area contributed by atoms with Crippen LogP contribution in [0.15, 0.2) is 157 Å². The summed E-state index contributed by atoms with van der Waals surface area (Å²) in [6, 6.07) is 32.6. The molecule has 14 rings (SSSR count). The van der Waals surface area contributed by atoms with Crippen LogP contribution in [0, 0.1) is 35.0 Å². The van der Waals surface area contributed by atoms with Crippen molar-refractivity contribution in [2.24, 2.45) is 42.1 Å². The monoisotopic (exact) mass is 811 g/mol. The molecule has 7 aliphatic carbocycles. The molecule has 3 nitrogen and oxygen atoms in total. The second-order valence-corrected chi connectivity index (χ2v) is 19.7. The van der Waals surface area contributed by atoms with Crippen LogP contribution in [0.1, 0.15) is 54.3 Å². The maximum atomic E-state index is 4.23. The lowest BCUT2D eigenvalue weighted by molar-refractivity contribution is 0.540. The predicted molar refractivity (Wildman–Crippen MR) is 265 cm³/mol. The van der Waals surface area contributed by atoms with E-state index in [0.29, 0.717) is 29.6 Å². The topological polar surface area (TPSA) is 13.1 Å². The summed E-state index contributed by atoms with van der Waals surface area (Å²) in [5.41, 5.74) is 19.2. The number of hydrogen-bond donors (Lipinski definition) is 0. The summed E-state index contributed by atoms with van der Waals surface area (Å²) in [7, 11) is 2.18. The smallest absolute Gasteiger partial charge is 0.206 e. The average molecular weight is 812 g/mol. The van der Waals surface area contributed by atoms with Gasteiger partial charge in [-0.15, -0.1) is 0 Å². The van der Waals surface area contributed by atoms with Gasteiger partial charge in [-0.25, -0.2) is 0 Å². The van der Waals surface area contributed by atoms with Gasteiger partial charge in [-0.05, 0) is 132 Å². The van der Waals surface area contributed by atoms with E-state index in [1.54, 1.807) is 11.3 Å². The van der Waals surface area contributed by atoms with Crippen LogP contribution in [0.2, 0.25) is 6.82 Å². The molecule has 0 radical (unpaired) electrons. The van der Waals surface area contributed by atoms with Crippen molar-refractivity contribution in [2.45, 2.75) is 39.4 Å². The lowest BCUT2D eigenvalue weighted by atomic mass is 9.42. The Morgan fingerprint density at radius 3 is 2.59 bits per heavy atom. The molecular weight excluding hydrogens is 761 g/mol. The molecule has 2 aromatic heterocycles. The summed E-state index contributed by atoms with van der Waals surface area (Å²) in [6.45, 7) is 8.96. The molecule has 1 spiro atoms. The summed E-state index contributed by atoms with van der Waals surface area (Å²) in [4.78, 5) is 2.82. The molecule has 6 aromatic rings. The Morgan fingerprint density at radius 1 is 0.857 bits per heavy atom. The zero-order valence-electron chi connectivity index (χ0n) is 36.4. The van der Waals surface area contributed by atoms with Crippen LogP contribution in [-0.4, -0.2) is 20.7 Å². The van der Waals surface area contributed by atoms with Crippen molar-refractivity contribution in [1.82, 2.24) is 14.0 Å². The van der Waals surface area contributed by atoms with Crippen LogP contribution >= 0.6 is 0 Å². The van der Waals surface area contributed by atoms with Gasteiger partial charge in [-0.3, -0.25) is 0 Å². The largest absolute Gasteiger partial charge is 0.344 e. The van der Waals surface area contributed by atoms with Gasteiger partial charge in [0.25, 0.3) is 0 Å². The van der Waals surface area contributed by atoms with Gasteiger partial charge >= 0.3 is 0 Å². The van der Waals surface area contributed by atoms with Crippen LogP contribution in [-0.2, 0) is 13.5 Å². The van der Waals surface area contributed by atoms with Crippen LogP contribution in [0.4, 0.5) is 0 Å². The lowest BCUT2D eigenvalue weighted by Gasteiger charge is -2.30. The molecule has 6 unspecified atom stereocenters. The molecule has 0 amide bonds. The second-order valence-electron chi connectivity index (χ2n) is 19.7. The number of benzene rings is 4. The van der Waals surface area contributed by atoms with Crippen LogP contribution in [0.3, 0.4) is 0 Å². The summed E-state index contributed by atoms with van der Waals surface area (Å²) >= 11 is 0. The Hall–Kier alpha value is -6.52. The number of fused-ring (bicyclic) bond motifs is 8. The third-order valence-corrected chi connectivity index (χ3v) is 16.4. The molecule has 304 valence electrons. The van der Waals surface area contributed by atoms with Crippen molar-refractivity contribution in [3.05, 3.63) is 196 Å².